The van der Waals surface area contributed by atoms with Gasteiger partial charge in [0.2, 0.25) is 5.95 Å². The van der Waals surface area contributed by atoms with Gasteiger partial charge in [0.15, 0.2) is 0 Å². The molecule has 1 heterocycles. The summed E-state index contributed by atoms with van der Waals surface area (Å²) >= 11 is 3.47. The van der Waals surface area contributed by atoms with E-state index in [-0.39, 0.29) is 0 Å². The summed E-state index contributed by atoms with van der Waals surface area (Å²) in [6, 6.07) is 14.2. The van der Waals surface area contributed by atoms with Crippen LogP contribution in [0.25, 0.3) is 16.7 Å². The van der Waals surface area contributed by atoms with Crippen molar-refractivity contribution in [3.05, 3.63) is 52.5 Å². The standard InChI is InChI=1S/C14H12BrN3/c1-9-5-6-13-12(7-9)17-14(16)18(13)11-4-2-3-10(15)8-11/h2-8H,1H3,(H2,16,17). The largest absolute Gasteiger partial charge is 0.369 e. The summed E-state index contributed by atoms with van der Waals surface area (Å²) in [4.78, 5) is 4.41. The van der Waals surface area contributed by atoms with Gasteiger partial charge in [-0.25, -0.2) is 4.98 Å². The third-order valence-electron chi connectivity index (χ3n) is 2.90. The fourth-order valence-electron chi connectivity index (χ4n) is 2.10. The van der Waals surface area contributed by atoms with E-state index in [0.717, 1.165) is 21.2 Å². The first-order chi connectivity index (χ1) is 8.65. The van der Waals surface area contributed by atoms with Crippen LogP contribution >= 0.6 is 15.9 Å². The van der Waals surface area contributed by atoms with Gasteiger partial charge in [0.05, 0.1) is 16.7 Å². The maximum atomic E-state index is 6.02. The molecule has 90 valence electrons. The molecule has 3 nitrogen and oxygen atoms in total. The lowest BCUT2D eigenvalue weighted by Gasteiger charge is -2.06. The summed E-state index contributed by atoms with van der Waals surface area (Å²) in [5.74, 6) is 0.508. The van der Waals surface area contributed by atoms with Gasteiger partial charge in [-0.2, -0.15) is 0 Å². The number of aryl methyl sites for hydroxylation is 1. The van der Waals surface area contributed by atoms with E-state index in [1.54, 1.807) is 0 Å². The molecule has 0 fully saturated rings. The van der Waals surface area contributed by atoms with Crippen LogP contribution in [0.15, 0.2) is 46.9 Å². The molecule has 0 aliphatic carbocycles. The molecule has 2 aromatic carbocycles. The molecular formula is C14H12BrN3. The minimum absolute atomic E-state index is 0.508. The van der Waals surface area contributed by atoms with Gasteiger partial charge in [-0.3, -0.25) is 4.57 Å². The van der Waals surface area contributed by atoms with Gasteiger partial charge >= 0.3 is 0 Å². The summed E-state index contributed by atoms with van der Waals surface area (Å²) in [7, 11) is 0. The van der Waals surface area contributed by atoms with E-state index in [0.29, 0.717) is 5.95 Å². The number of nitrogens with two attached hydrogens (primary N) is 1. The predicted molar refractivity (Wildman–Crippen MR) is 77.9 cm³/mol. The molecule has 1 aromatic heterocycles. The van der Waals surface area contributed by atoms with Crippen LogP contribution in [0.4, 0.5) is 5.95 Å². The number of anilines is 1. The normalized spacial score (nSPS) is 11.0. The minimum atomic E-state index is 0.508. The summed E-state index contributed by atoms with van der Waals surface area (Å²) in [6.07, 6.45) is 0. The second-order valence-corrected chi connectivity index (χ2v) is 5.19. The van der Waals surface area contributed by atoms with Crippen LogP contribution in [-0.2, 0) is 0 Å². The number of hydrogen-bond donors (Lipinski definition) is 1. The zero-order chi connectivity index (χ0) is 12.7. The lowest BCUT2D eigenvalue weighted by Crippen LogP contribution is -2.00. The lowest BCUT2D eigenvalue weighted by atomic mass is 10.2. The van der Waals surface area contributed by atoms with Gasteiger partial charge in [0.1, 0.15) is 0 Å². The van der Waals surface area contributed by atoms with E-state index in [1.165, 1.54) is 5.56 Å². The molecule has 0 bridgehead atoms. The number of hydrogen-bond acceptors (Lipinski definition) is 2. The number of benzene rings is 2. The number of imidazole rings is 1. The quantitative estimate of drug-likeness (QED) is 0.745. The molecular weight excluding hydrogens is 290 g/mol. The van der Waals surface area contributed by atoms with Gasteiger partial charge in [-0.15, -0.1) is 0 Å². The fourth-order valence-corrected chi connectivity index (χ4v) is 2.48. The Balaban J connectivity index is 2.32. The van der Waals surface area contributed by atoms with Crippen molar-refractivity contribution in [1.82, 2.24) is 9.55 Å². The van der Waals surface area contributed by atoms with Gasteiger partial charge in [0.25, 0.3) is 0 Å². The first-order valence-electron chi connectivity index (χ1n) is 5.66. The minimum Gasteiger partial charge on any atom is -0.369 e. The molecule has 3 rings (SSSR count). The van der Waals surface area contributed by atoms with Gasteiger partial charge < -0.3 is 5.73 Å². The van der Waals surface area contributed by atoms with E-state index >= 15 is 0 Å². The highest BCUT2D eigenvalue weighted by atomic mass is 79.9. The van der Waals surface area contributed by atoms with Crippen molar-refractivity contribution in [2.75, 3.05) is 5.73 Å². The van der Waals surface area contributed by atoms with Gasteiger partial charge in [-0.1, -0.05) is 28.1 Å². The van der Waals surface area contributed by atoms with Crippen LogP contribution in [0, 0.1) is 6.92 Å². The third-order valence-corrected chi connectivity index (χ3v) is 3.40. The number of fused-ring (bicyclic) bond motifs is 1. The summed E-state index contributed by atoms with van der Waals surface area (Å²) in [6.45, 7) is 2.05. The van der Waals surface area contributed by atoms with Gasteiger partial charge in [0, 0.05) is 4.47 Å². The van der Waals surface area contributed by atoms with E-state index < -0.39 is 0 Å². The summed E-state index contributed by atoms with van der Waals surface area (Å²) in [5, 5.41) is 0. The molecule has 0 saturated heterocycles. The Hall–Kier alpha value is -1.81. The van der Waals surface area contributed by atoms with E-state index in [4.69, 9.17) is 5.73 Å². The topological polar surface area (TPSA) is 43.8 Å². The molecule has 0 atom stereocenters. The molecule has 0 spiro atoms. The van der Waals surface area contributed by atoms with Gasteiger partial charge in [-0.05, 0) is 42.8 Å². The molecule has 0 amide bonds. The average molecular weight is 302 g/mol. The first-order valence-corrected chi connectivity index (χ1v) is 6.45. The molecule has 3 aromatic rings. The predicted octanol–water partition coefficient (Wildman–Crippen LogP) is 3.68. The van der Waals surface area contributed by atoms with Crippen molar-refractivity contribution in [1.29, 1.82) is 0 Å². The van der Waals surface area contributed by atoms with Crippen LogP contribution in [0.5, 0.6) is 0 Å². The van der Waals surface area contributed by atoms with E-state index in [9.17, 15) is 0 Å². The maximum Gasteiger partial charge on any atom is 0.205 e. The lowest BCUT2D eigenvalue weighted by molar-refractivity contribution is 1.11. The molecule has 0 aliphatic heterocycles. The summed E-state index contributed by atoms with van der Waals surface area (Å²) < 4.78 is 2.98. The van der Waals surface area contributed by atoms with Crippen LogP contribution in [-0.4, -0.2) is 9.55 Å². The second-order valence-electron chi connectivity index (χ2n) is 4.28. The number of aromatic nitrogens is 2. The zero-order valence-corrected chi connectivity index (χ0v) is 11.5. The highest BCUT2D eigenvalue weighted by molar-refractivity contribution is 9.10. The Labute approximate surface area is 113 Å². The molecule has 0 unspecified atom stereocenters. The molecule has 18 heavy (non-hydrogen) atoms. The third kappa shape index (κ3) is 1.78. The number of rotatable bonds is 1. The van der Waals surface area contributed by atoms with E-state index in [1.807, 2.05) is 41.8 Å². The molecule has 0 radical (unpaired) electrons. The van der Waals surface area contributed by atoms with Crippen molar-refractivity contribution < 1.29 is 0 Å². The van der Waals surface area contributed by atoms with Crippen LogP contribution < -0.4 is 5.73 Å². The molecule has 2 N–H and O–H groups in total. The van der Waals surface area contributed by atoms with Crippen LogP contribution in [0.1, 0.15) is 5.56 Å². The Bertz CT molecular complexity index is 731. The highest BCUT2D eigenvalue weighted by Gasteiger charge is 2.09. The second kappa shape index (κ2) is 4.14. The van der Waals surface area contributed by atoms with E-state index in [2.05, 4.69) is 33.0 Å². The summed E-state index contributed by atoms with van der Waals surface area (Å²) in [5.41, 5.74) is 10.2. The van der Waals surface area contributed by atoms with Crippen LogP contribution in [0.2, 0.25) is 0 Å². The maximum absolute atomic E-state index is 6.02. The zero-order valence-electron chi connectivity index (χ0n) is 9.89. The number of halogens is 1. The Morgan fingerprint density at radius 3 is 2.78 bits per heavy atom. The molecule has 4 heteroatoms. The highest BCUT2D eigenvalue weighted by Crippen LogP contribution is 2.25. The fraction of sp³-hybridized carbons (Fsp3) is 0.0714. The van der Waals surface area contributed by atoms with Crippen molar-refractivity contribution in [3.63, 3.8) is 0 Å². The smallest absolute Gasteiger partial charge is 0.205 e. The Morgan fingerprint density at radius 1 is 1.17 bits per heavy atom. The average Bonchev–Trinajstić information content (AvgIpc) is 2.64. The number of nitrogens with zero attached hydrogens (tertiary/aromatic N) is 2. The number of nitrogen functional groups attached to an aromatic ring is 1. The first kappa shape index (κ1) is 11.3. The van der Waals surface area contributed by atoms with Crippen molar-refractivity contribution >= 4 is 32.9 Å². The van der Waals surface area contributed by atoms with Crippen molar-refractivity contribution in [3.8, 4) is 5.69 Å². The SMILES string of the molecule is Cc1ccc2c(c1)nc(N)n2-c1cccc(Br)c1. The van der Waals surface area contributed by atoms with Crippen LogP contribution in [0.3, 0.4) is 0 Å². The monoisotopic (exact) mass is 301 g/mol. The van der Waals surface area contributed by atoms with Crippen molar-refractivity contribution in [2.45, 2.75) is 6.92 Å². The molecule has 0 aliphatic rings. The van der Waals surface area contributed by atoms with Crippen molar-refractivity contribution in [2.24, 2.45) is 0 Å². The Kier molecular flexibility index (Phi) is 2.59. The molecule has 0 saturated carbocycles. The Morgan fingerprint density at radius 2 is 2.00 bits per heavy atom.